The van der Waals surface area contributed by atoms with E-state index < -0.39 is 5.82 Å². The third-order valence-corrected chi connectivity index (χ3v) is 3.95. The van der Waals surface area contributed by atoms with Gasteiger partial charge in [0.15, 0.2) is 5.13 Å². The minimum atomic E-state index is -0.393. The van der Waals surface area contributed by atoms with Crippen LogP contribution in [0.25, 0.3) is 0 Å². The Morgan fingerprint density at radius 3 is 2.90 bits per heavy atom. The number of aryl methyl sites for hydroxylation is 1. The van der Waals surface area contributed by atoms with E-state index in [0.29, 0.717) is 27.6 Å². The molecule has 2 heterocycles. The second-order valence-corrected chi connectivity index (χ2v) is 5.67. The number of hydrogen-bond acceptors (Lipinski definition) is 5. The highest BCUT2D eigenvalue weighted by Gasteiger charge is 2.25. The van der Waals surface area contributed by atoms with E-state index >= 15 is 0 Å². The summed E-state index contributed by atoms with van der Waals surface area (Å²) in [5.74, 6) is 0.0206. The van der Waals surface area contributed by atoms with E-state index in [2.05, 4.69) is 20.6 Å². The Balaban J connectivity index is 1.74. The van der Waals surface area contributed by atoms with E-state index in [4.69, 9.17) is 0 Å². The van der Waals surface area contributed by atoms with Crippen molar-refractivity contribution < 1.29 is 9.18 Å². The number of aromatic nitrogens is 2. The minimum Gasteiger partial charge on any atom is -0.349 e. The first-order valence-electron chi connectivity index (χ1n) is 6.28. The molecule has 0 radical (unpaired) electrons. The second-order valence-electron chi connectivity index (χ2n) is 4.67. The van der Waals surface area contributed by atoms with Gasteiger partial charge in [-0.2, -0.15) is 0 Å². The molecule has 3 rings (SSSR count). The molecule has 2 aromatic rings. The predicted molar refractivity (Wildman–Crippen MR) is 74.8 cm³/mol. The van der Waals surface area contributed by atoms with Gasteiger partial charge in [-0.25, -0.2) is 14.4 Å². The van der Waals surface area contributed by atoms with Gasteiger partial charge in [-0.3, -0.25) is 4.79 Å². The van der Waals surface area contributed by atoms with E-state index in [9.17, 15) is 9.18 Å². The molecule has 1 saturated carbocycles. The molecule has 0 aliphatic heterocycles. The minimum absolute atomic E-state index is 0.0809. The lowest BCUT2D eigenvalue weighted by Crippen LogP contribution is -2.25. The lowest BCUT2D eigenvalue weighted by molar-refractivity contribution is 0.0954. The number of hydrogen-bond donors (Lipinski definition) is 2. The van der Waals surface area contributed by atoms with Crippen molar-refractivity contribution in [2.75, 3.05) is 5.32 Å². The Hall–Kier alpha value is -2.02. The van der Waals surface area contributed by atoms with Gasteiger partial charge in [0.1, 0.15) is 16.5 Å². The number of nitrogens with zero attached hydrogens (tertiary/aromatic N) is 2. The van der Waals surface area contributed by atoms with Gasteiger partial charge in [0.05, 0.1) is 11.9 Å². The molecular formula is C13H13FN4OS. The third-order valence-electron chi connectivity index (χ3n) is 2.88. The third kappa shape index (κ3) is 2.93. The van der Waals surface area contributed by atoms with E-state index in [0.717, 1.165) is 19.0 Å². The van der Waals surface area contributed by atoms with E-state index in [1.165, 1.54) is 23.5 Å². The lowest BCUT2D eigenvalue weighted by Gasteiger charge is -2.00. The van der Waals surface area contributed by atoms with Gasteiger partial charge in [-0.15, -0.1) is 0 Å². The molecule has 1 aliphatic carbocycles. The summed E-state index contributed by atoms with van der Waals surface area (Å²) >= 11 is 1.27. The highest BCUT2D eigenvalue weighted by molar-refractivity contribution is 7.17. The molecule has 1 amide bonds. The van der Waals surface area contributed by atoms with Crippen molar-refractivity contribution in [2.24, 2.45) is 0 Å². The van der Waals surface area contributed by atoms with Crippen LogP contribution in [0.1, 0.15) is 28.2 Å². The summed E-state index contributed by atoms with van der Waals surface area (Å²) in [5, 5.41) is 6.47. The van der Waals surface area contributed by atoms with Crippen LogP contribution in [0.3, 0.4) is 0 Å². The van der Waals surface area contributed by atoms with Crippen LogP contribution >= 0.6 is 11.3 Å². The van der Waals surface area contributed by atoms with Crippen molar-refractivity contribution in [3.05, 3.63) is 34.7 Å². The fourth-order valence-corrected chi connectivity index (χ4v) is 2.57. The molecule has 20 heavy (non-hydrogen) atoms. The maximum atomic E-state index is 12.8. The van der Waals surface area contributed by atoms with Crippen LogP contribution < -0.4 is 10.6 Å². The Kier molecular flexibility index (Phi) is 3.35. The fraction of sp³-hybridized carbons (Fsp3) is 0.308. The first-order chi connectivity index (χ1) is 9.61. The van der Waals surface area contributed by atoms with Gasteiger partial charge < -0.3 is 10.6 Å². The van der Waals surface area contributed by atoms with Crippen LogP contribution in [-0.2, 0) is 0 Å². The summed E-state index contributed by atoms with van der Waals surface area (Å²) < 4.78 is 12.8. The van der Waals surface area contributed by atoms with E-state index in [1.54, 1.807) is 6.92 Å². The molecule has 1 fully saturated rings. The van der Waals surface area contributed by atoms with Gasteiger partial charge >= 0.3 is 0 Å². The summed E-state index contributed by atoms with van der Waals surface area (Å²) in [6.07, 6.45) is 3.23. The second kappa shape index (κ2) is 5.16. The number of halogens is 1. The fourth-order valence-electron chi connectivity index (χ4n) is 1.70. The Labute approximate surface area is 119 Å². The van der Waals surface area contributed by atoms with Crippen LogP contribution in [0.2, 0.25) is 0 Å². The maximum absolute atomic E-state index is 12.8. The molecule has 2 aromatic heterocycles. The lowest BCUT2D eigenvalue weighted by atomic mass is 10.4. The highest BCUT2D eigenvalue weighted by atomic mass is 32.1. The number of rotatable bonds is 4. The SMILES string of the molecule is Cc1nc(Nc2ccc(F)cn2)sc1C(=O)NC1CC1. The molecule has 104 valence electrons. The summed E-state index contributed by atoms with van der Waals surface area (Å²) in [6, 6.07) is 3.16. The first-order valence-corrected chi connectivity index (χ1v) is 7.10. The molecule has 0 bridgehead atoms. The Bertz CT molecular complexity index is 636. The summed E-state index contributed by atoms with van der Waals surface area (Å²) in [5.41, 5.74) is 0.678. The standard InChI is InChI=1S/C13H13FN4OS/c1-7-11(12(19)17-9-3-4-9)20-13(16-7)18-10-5-2-8(14)6-15-10/h2,5-6,9H,3-4H2,1H3,(H,17,19)(H,15,16,18). The topological polar surface area (TPSA) is 66.9 Å². The van der Waals surface area contributed by atoms with Crippen molar-refractivity contribution in [1.82, 2.24) is 15.3 Å². The number of anilines is 2. The van der Waals surface area contributed by atoms with Crippen LogP contribution in [0, 0.1) is 12.7 Å². The molecule has 5 nitrogen and oxygen atoms in total. The predicted octanol–water partition coefficient (Wildman–Crippen LogP) is 2.62. The molecule has 0 aromatic carbocycles. The number of nitrogens with one attached hydrogen (secondary N) is 2. The van der Waals surface area contributed by atoms with Crippen molar-refractivity contribution in [3.8, 4) is 0 Å². The molecule has 0 spiro atoms. The van der Waals surface area contributed by atoms with E-state index in [1.807, 2.05) is 0 Å². The zero-order valence-electron chi connectivity index (χ0n) is 10.8. The number of carbonyl (C=O) groups excluding carboxylic acids is 1. The number of carbonyl (C=O) groups is 1. The molecule has 1 aliphatic rings. The van der Waals surface area contributed by atoms with Crippen molar-refractivity contribution in [2.45, 2.75) is 25.8 Å². The number of pyridine rings is 1. The Morgan fingerprint density at radius 2 is 2.25 bits per heavy atom. The normalized spacial score (nSPS) is 14.1. The summed E-state index contributed by atoms with van der Waals surface area (Å²) in [4.78, 5) is 20.8. The molecular weight excluding hydrogens is 279 g/mol. The smallest absolute Gasteiger partial charge is 0.263 e. The van der Waals surface area contributed by atoms with Crippen LogP contribution in [0.4, 0.5) is 15.3 Å². The molecule has 7 heteroatoms. The summed E-state index contributed by atoms with van der Waals surface area (Å²) in [7, 11) is 0. The summed E-state index contributed by atoms with van der Waals surface area (Å²) in [6.45, 7) is 1.79. The zero-order chi connectivity index (χ0) is 14.1. The van der Waals surface area contributed by atoms with Crippen molar-refractivity contribution in [1.29, 1.82) is 0 Å². The Morgan fingerprint density at radius 1 is 1.45 bits per heavy atom. The number of thiazole rings is 1. The molecule has 0 atom stereocenters. The monoisotopic (exact) mass is 292 g/mol. The largest absolute Gasteiger partial charge is 0.349 e. The quantitative estimate of drug-likeness (QED) is 0.909. The van der Waals surface area contributed by atoms with Gasteiger partial charge in [-0.1, -0.05) is 11.3 Å². The zero-order valence-corrected chi connectivity index (χ0v) is 11.6. The molecule has 0 saturated heterocycles. The number of amides is 1. The van der Waals surface area contributed by atoms with Crippen LogP contribution in [0.15, 0.2) is 18.3 Å². The van der Waals surface area contributed by atoms with Gasteiger partial charge in [-0.05, 0) is 31.9 Å². The van der Waals surface area contributed by atoms with Gasteiger partial charge in [0, 0.05) is 6.04 Å². The average Bonchev–Trinajstić information content (AvgIpc) is 3.14. The van der Waals surface area contributed by atoms with Gasteiger partial charge in [0.25, 0.3) is 5.91 Å². The van der Waals surface area contributed by atoms with Gasteiger partial charge in [0.2, 0.25) is 0 Å². The van der Waals surface area contributed by atoms with Crippen molar-refractivity contribution >= 4 is 28.2 Å². The molecule has 2 N–H and O–H groups in total. The highest BCUT2D eigenvalue weighted by Crippen LogP contribution is 2.26. The van der Waals surface area contributed by atoms with Crippen LogP contribution in [-0.4, -0.2) is 21.9 Å². The van der Waals surface area contributed by atoms with E-state index in [-0.39, 0.29) is 5.91 Å². The maximum Gasteiger partial charge on any atom is 0.263 e. The first kappa shape index (κ1) is 13.0. The molecule has 0 unspecified atom stereocenters. The average molecular weight is 292 g/mol. The van der Waals surface area contributed by atoms with Crippen molar-refractivity contribution in [3.63, 3.8) is 0 Å². The van der Waals surface area contributed by atoms with Crippen LogP contribution in [0.5, 0.6) is 0 Å².